The summed E-state index contributed by atoms with van der Waals surface area (Å²) < 4.78 is 1.69. The zero-order valence-electron chi connectivity index (χ0n) is 19.3. The van der Waals surface area contributed by atoms with Gasteiger partial charge in [0.05, 0.1) is 17.8 Å². The number of rotatable bonds is 6. The Morgan fingerprint density at radius 3 is 2.28 bits per heavy atom. The van der Waals surface area contributed by atoms with Crippen molar-refractivity contribution in [2.24, 2.45) is 0 Å². The van der Waals surface area contributed by atoms with E-state index in [1.807, 2.05) is 48.5 Å². The average molecular weight is 500 g/mol. The van der Waals surface area contributed by atoms with E-state index in [9.17, 15) is 14.4 Å². The van der Waals surface area contributed by atoms with E-state index < -0.39 is 23.4 Å². The molecule has 2 N–H and O–H groups in total. The van der Waals surface area contributed by atoms with E-state index in [1.54, 1.807) is 54.2 Å². The molecule has 1 unspecified atom stereocenters. The van der Waals surface area contributed by atoms with Crippen LogP contribution in [-0.2, 0) is 21.5 Å². The van der Waals surface area contributed by atoms with Crippen molar-refractivity contribution < 1.29 is 14.4 Å². The Morgan fingerprint density at radius 2 is 1.61 bits per heavy atom. The lowest BCUT2D eigenvalue weighted by Crippen LogP contribution is -2.48. The summed E-state index contributed by atoms with van der Waals surface area (Å²) >= 11 is 6.05. The molecule has 180 valence electrons. The molecule has 1 atom stereocenters. The Kier molecular flexibility index (Phi) is 6.03. The molecule has 1 fully saturated rings. The summed E-state index contributed by atoms with van der Waals surface area (Å²) in [6.45, 7) is 1.61. The van der Waals surface area contributed by atoms with Crippen LogP contribution in [0.3, 0.4) is 0 Å². The second kappa shape index (κ2) is 9.31. The fourth-order valence-electron chi connectivity index (χ4n) is 4.15. The molecule has 0 saturated carbocycles. The molecule has 1 aromatic heterocycles. The van der Waals surface area contributed by atoms with E-state index in [0.717, 1.165) is 16.3 Å². The number of hydrazine groups is 1. The van der Waals surface area contributed by atoms with E-state index in [2.05, 4.69) is 10.7 Å². The van der Waals surface area contributed by atoms with Crippen molar-refractivity contribution in [3.63, 3.8) is 0 Å². The Morgan fingerprint density at radius 1 is 0.972 bits per heavy atom. The first-order valence-electron chi connectivity index (χ1n) is 11.3. The maximum Gasteiger partial charge on any atom is 0.344 e. The summed E-state index contributed by atoms with van der Waals surface area (Å²) in [6.07, 6.45) is 1.66. The van der Waals surface area contributed by atoms with Crippen LogP contribution in [0.15, 0.2) is 91.1 Å². The molecule has 0 bridgehead atoms. The molecule has 3 aromatic carbocycles. The zero-order valence-corrected chi connectivity index (χ0v) is 20.1. The highest BCUT2D eigenvalue weighted by Gasteiger charge is 2.50. The van der Waals surface area contributed by atoms with Crippen molar-refractivity contribution >= 4 is 29.4 Å². The predicted molar refractivity (Wildman–Crippen MR) is 135 cm³/mol. The van der Waals surface area contributed by atoms with Gasteiger partial charge in [-0.05, 0) is 36.8 Å². The van der Waals surface area contributed by atoms with E-state index in [4.69, 9.17) is 16.7 Å². The van der Waals surface area contributed by atoms with E-state index >= 15 is 0 Å². The average Bonchev–Trinajstić information content (AvgIpc) is 3.40. The van der Waals surface area contributed by atoms with Crippen LogP contribution in [-0.4, -0.2) is 32.6 Å². The minimum atomic E-state index is -1.28. The molecule has 4 amide bonds. The number of nitrogens with one attached hydrogen (secondary N) is 2. The molecule has 1 saturated heterocycles. The SMILES string of the molecule is CC1(c2ccccc2)NC(=O)N(NC(=O)Cc2cn(-c3ccccc3)nc2-c2ccc(Cl)cc2)C1=O. The van der Waals surface area contributed by atoms with E-state index in [-0.39, 0.29) is 6.42 Å². The molecular weight excluding hydrogens is 478 g/mol. The fraction of sp³-hybridized carbons (Fsp3) is 0.111. The summed E-state index contributed by atoms with van der Waals surface area (Å²) in [6, 6.07) is 24.8. The second-order valence-corrected chi connectivity index (χ2v) is 9.00. The molecule has 0 spiro atoms. The number of aromatic nitrogens is 2. The minimum Gasteiger partial charge on any atom is -0.318 e. The van der Waals surface area contributed by atoms with Gasteiger partial charge in [-0.1, -0.05) is 72.3 Å². The Balaban J connectivity index is 1.40. The van der Waals surface area contributed by atoms with Crippen LogP contribution in [0.2, 0.25) is 5.02 Å². The van der Waals surface area contributed by atoms with Gasteiger partial charge in [0.1, 0.15) is 5.54 Å². The third kappa shape index (κ3) is 4.34. The fourth-order valence-corrected chi connectivity index (χ4v) is 4.27. The third-order valence-electron chi connectivity index (χ3n) is 6.06. The van der Waals surface area contributed by atoms with E-state index in [1.165, 1.54) is 0 Å². The van der Waals surface area contributed by atoms with Crippen molar-refractivity contribution in [2.45, 2.75) is 18.9 Å². The van der Waals surface area contributed by atoms with Crippen molar-refractivity contribution in [1.29, 1.82) is 0 Å². The van der Waals surface area contributed by atoms with Gasteiger partial charge in [0.2, 0.25) is 5.91 Å². The van der Waals surface area contributed by atoms with Gasteiger partial charge in [-0.25, -0.2) is 9.48 Å². The quantitative estimate of drug-likeness (QED) is 0.388. The van der Waals surface area contributed by atoms with Crippen molar-refractivity contribution in [3.05, 3.63) is 107 Å². The summed E-state index contributed by atoms with van der Waals surface area (Å²) in [4.78, 5) is 38.8. The second-order valence-electron chi connectivity index (χ2n) is 8.56. The molecule has 9 heteroatoms. The van der Waals surface area contributed by atoms with E-state index in [0.29, 0.717) is 21.8 Å². The molecule has 8 nitrogen and oxygen atoms in total. The lowest BCUT2D eigenvalue weighted by atomic mass is 9.92. The normalized spacial score (nSPS) is 17.2. The summed E-state index contributed by atoms with van der Waals surface area (Å²) in [5.41, 5.74) is 4.63. The summed E-state index contributed by atoms with van der Waals surface area (Å²) in [5, 5.41) is 8.69. The highest BCUT2D eigenvalue weighted by molar-refractivity contribution is 6.30. The number of amides is 4. The van der Waals surface area contributed by atoms with Gasteiger partial charge in [0, 0.05) is 22.3 Å². The zero-order chi connectivity index (χ0) is 25.3. The topological polar surface area (TPSA) is 96.3 Å². The minimum absolute atomic E-state index is 0.107. The lowest BCUT2D eigenvalue weighted by Gasteiger charge is -2.22. The molecule has 1 aliphatic heterocycles. The van der Waals surface area contributed by atoms with Gasteiger partial charge in [-0.15, -0.1) is 0 Å². The Bertz CT molecular complexity index is 1440. The van der Waals surface area contributed by atoms with Crippen LogP contribution in [0.25, 0.3) is 16.9 Å². The Hall–Kier alpha value is -4.43. The molecule has 1 aliphatic rings. The largest absolute Gasteiger partial charge is 0.344 e. The van der Waals surface area contributed by atoms with Gasteiger partial charge in [0.15, 0.2) is 0 Å². The molecular formula is C27H22ClN5O3. The molecule has 4 aromatic rings. The number of halogens is 1. The van der Waals surface area contributed by atoms with Crippen LogP contribution in [0, 0.1) is 0 Å². The highest BCUT2D eigenvalue weighted by Crippen LogP contribution is 2.28. The maximum absolute atomic E-state index is 13.1. The first-order valence-corrected chi connectivity index (χ1v) is 11.6. The van der Waals surface area contributed by atoms with Crippen molar-refractivity contribution in [2.75, 3.05) is 0 Å². The number of nitrogens with zero attached hydrogens (tertiary/aromatic N) is 3. The number of carbonyl (C=O) groups excluding carboxylic acids is 3. The van der Waals surface area contributed by atoms with Gasteiger partial charge in [0.25, 0.3) is 5.91 Å². The van der Waals surface area contributed by atoms with Crippen molar-refractivity contribution in [3.8, 4) is 16.9 Å². The smallest absolute Gasteiger partial charge is 0.318 e. The summed E-state index contributed by atoms with van der Waals surface area (Å²) in [5.74, 6) is -1.09. The monoisotopic (exact) mass is 499 g/mol. The van der Waals surface area contributed by atoms with Gasteiger partial charge in [-0.2, -0.15) is 10.1 Å². The number of hydrogen-bond acceptors (Lipinski definition) is 4. The number of hydrogen-bond donors (Lipinski definition) is 2. The molecule has 2 heterocycles. The number of imide groups is 1. The van der Waals surface area contributed by atoms with Crippen LogP contribution in [0.4, 0.5) is 4.79 Å². The lowest BCUT2D eigenvalue weighted by molar-refractivity contribution is -0.138. The predicted octanol–water partition coefficient (Wildman–Crippen LogP) is 4.23. The van der Waals surface area contributed by atoms with Crippen LogP contribution >= 0.6 is 11.6 Å². The molecule has 0 radical (unpaired) electrons. The first-order chi connectivity index (χ1) is 17.3. The number of carbonyl (C=O) groups is 3. The molecule has 5 rings (SSSR count). The molecule has 36 heavy (non-hydrogen) atoms. The van der Waals surface area contributed by atoms with Crippen LogP contribution in [0.1, 0.15) is 18.1 Å². The van der Waals surface area contributed by atoms with Gasteiger partial charge < -0.3 is 5.32 Å². The van der Waals surface area contributed by atoms with Gasteiger partial charge in [-0.3, -0.25) is 15.0 Å². The van der Waals surface area contributed by atoms with Crippen LogP contribution < -0.4 is 10.7 Å². The standard InChI is InChI=1S/C27H22ClN5O3/c1-27(20-8-4-2-5-9-20)25(35)33(26(36)29-27)30-23(34)16-19-17-32(22-10-6-3-7-11-22)31-24(19)18-12-14-21(28)15-13-18/h2-15,17H,16H2,1H3,(H,29,36)(H,30,34). The summed E-state index contributed by atoms with van der Waals surface area (Å²) in [7, 11) is 0. The van der Waals surface area contributed by atoms with Crippen molar-refractivity contribution in [1.82, 2.24) is 25.5 Å². The third-order valence-corrected chi connectivity index (χ3v) is 6.31. The molecule has 0 aliphatic carbocycles. The van der Waals surface area contributed by atoms with Crippen LogP contribution in [0.5, 0.6) is 0 Å². The number of benzene rings is 3. The first kappa shape index (κ1) is 23.3. The highest BCUT2D eigenvalue weighted by atomic mass is 35.5. The number of para-hydroxylation sites is 1. The Labute approximate surface area is 212 Å². The van der Waals surface area contributed by atoms with Gasteiger partial charge >= 0.3 is 6.03 Å². The number of urea groups is 1. The maximum atomic E-state index is 13.1.